The maximum atomic E-state index is 4.42. The van der Waals surface area contributed by atoms with Gasteiger partial charge in [-0.25, -0.2) is 0 Å². The van der Waals surface area contributed by atoms with E-state index in [-0.39, 0.29) is 0 Å². The smallest absolute Gasteiger partial charge is 0.0889 e. The Morgan fingerprint density at radius 1 is 1.00 bits per heavy atom. The van der Waals surface area contributed by atoms with E-state index in [0.29, 0.717) is 11.8 Å². The molecule has 1 aliphatic heterocycles. The van der Waals surface area contributed by atoms with Crippen molar-refractivity contribution in [3.63, 3.8) is 0 Å². The minimum atomic E-state index is 0.708. The number of benzene rings is 1. The molecule has 0 N–H and O–H groups in total. The van der Waals surface area contributed by atoms with Crippen molar-refractivity contribution >= 4 is 11.0 Å². The average Bonchev–Trinajstić information content (AvgIpc) is 2.59. The predicted octanol–water partition coefficient (Wildman–Crippen LogP) is 2.15. The van der Waals surface area contributed by atoms with E-state index < -0.39 is 0 Å². The molecule has 2 atom stereocenters. The normalized spacial score (nSPS) is 27.4. The van der Waals surface area contributed by atoms with Crippen LogP contribution in [0.15, 0.2) is 24.5 Å². The molecule has 1 aromatic carbocycles. The summed E-state index contributed by atoms with van der Waals surface area (Å²) in [5.74, 6) is 1.42. The van der Waals surface area contributed by atoms with E-state index in [4.69, 9.17) is 0 Å². The van der Waals surface area contributed by atoms with Gasteiger partial charge in [0.1, 0.15) is 0 Å². The molecule has 1 fully saturated rings. The Morgan fingerprint density at radius 3 is 2.06 bits per heavy atom. The third-order valence-electron chi connectivity index (χ3n) is 4.19. The highest BCUT2D eigenvalue weighted by molar-refractivity contribution is 5.77. The van der Waals surface area contributed by atoms with E-state index in [1.807, 2.05) is 0 Å². The molecule has 4 rings (SSSR count). The van der Waals surface area contributed by atoms with E-state index in [2.05, 4.69) is 34.0 Å². The molecule has 17 heavy (non-hydrogen) atoms. The van der Waals surface area contributed by atoms with Gasteiger partial charge in [0, 0.05) is 25.5 Å². The summed E-state index contributed by atoms with van der Waals surface area (Å²) < 4.78 is 0. The number of hydrogen-bond acceptors (Lipinski definition) is 3. The number of hydrogen-bond donors (Lipinski definition) is 0. The molecule has 86 valence electrons. The number of likely N-dealkylation sites (N-methyl/N-ethyl adjacent to an activating group) is 1. The number of rotatable bonds is 0. The molecule has 2 bridgehead atoms. The Morgan fingerprint density at radius 2 is 1.53 bits per heavy atom. The Hall–Kier alpha value is -1.48. The molecule has 2 aromatic rings. The first-order valence-corrected chi connectivity index (χ1v) is 6.24. The summed E-state index contributed by atoms with van der Waals surface area (Å²) in [6.45, 7) is 2.38. The van der Waals surface area contributed by atoms with Crippen molar-refractivity contribution in [2.24, 2.45) is 0 Å². The topological polar surface area (TPSA) is 29.0 Å². The minimum absolute atomic E-state index is 0.708. The number of nitrogens with zero attached hydrogens (tertiary/aromatic N) is 3. The van der Waals surface area contributed by atoms with E-state index in [0.717, 1.165) is 11.0 Å². The predicted molar refractivity (Wildman–Crippen MR) is 67.1 cm³/mol. The summed E-state index contributed by atoms with van der Waals surface area (Å²) in [6, 6.07) is 4.53. The van der Waals surface area contributed by atoms with E-state index in [1.165, 1.54) is 30.6 Å². The van der Waals surface area contributed by atoms with Gasteiger partial charge in [-0.05, 0) is 48.6 Å². The highest BCUT2D eigenvalue weighted by atomic mass is 15.1. The lowest BCUT2D eigenvalue weighted by atomic mass is 9.96. The fraction of sp³-hybridized carbons (Fsp3) is 0.429. The van der Waals surface area contributed by atoms with Crippen LogP contribution in [0.3, 0.4) is 0 Å². The molecule has 0 saturated carbocycles. The minimum Gasteiger partial charge on any atom is -0.305 e. The lowest BCUT2D eigenvalue weighted by molar-refractivity contribution is 0.245. The fourth-order valence-corrected chi connectivity index (χ4v) is 3.52. The zero-order chi connectivity index (χ0) is 11.4. The fourth-order valence-electron chi connectivity index (χ4n) is 3.52. The van der Waals surface area contributed by atoms with E-state index in [1.54, 1.807) is 12.4 Å². The average molecular weight is 225 g/mol. The zero-order valence-corrected chi connectivity index (χ0v) is 9.93. The first-order valence-electron chi connectivity index (χ1n) is 6.24. The summed E-state index contributed by atoms with van der Waals surface area (Å²) in [6.07, 6.45) is 4.87. The summed E-state index contributed by atoms with van der Waals surface area (Å²) in [5.41, 5.74) is 5.13. The second-order valence-corrected chi connectivity index (χ2v) is 5.38. The van der Waals surface area contributed by atoms with E-state index in [9.17, 15) is 0 Å². The molecule has 2 heterocycles. The lowest BCUT2D eigenvalue weighted by Crippen LogP contribution is -2.31. The quantitative estimate of drug-likeness (QED) is 0.688. The summed E-state index contributed by atoms with van der Waals surface area (Å²) in [7, 11) is 2.22. The standard InChI is InChI=1S/C14H15N3/c1-17-7-9-4-10(8-17)12-6-14-13(5-11(9)12)15-2-3-16-14/h2-3,5-6,9-10H,4,7-8H2,1H3/t9-,10?/m0/s1. The maximum Gasteiger partial charge on any atom is 0.0889 e. The van der Waals surface area contributed by atoms with Crippen LogP contribution in [0, 0.1) is 0 Å². The van der Waals surface area contributed by atoms with Gasteiger partial charge in [-0.3, -0.25) is 9.97 Å². The number of aromatic nitrogens is 2. The van der Waals surface area contributed by atoms with Crippen molar-refractivity contribution in [3.8, 4) is 0 Å². The summed E-state index contributed by atoms with van der Waals surface area (Å²) in [4.78, 5) is 11.3. The third-order valence-corrected chi connectivity index (χ3v) is 4.19. The molecule has 0 amide bonds. The Balaban J connectivity index is 1.95. The first-order chi connectivity index (χ1) is 8.31. The van der Waals surface area contributed by atoms with Crippen LogP contribution in [0.1, 0.15) is 29.4 Å². The van der Waals surface area contributed by atoms with Crippen LogP contribution in [0.2, 0.25) is 0 Å². The molecular formula is C14H15N3. The second-order valence-electron chi connectivity index (χ2n) is 5.38. The van der Waals surface area contributed by atoms with Crippen molar-refractivity contribution in [2.75, 3.05) is 20.1 Å². The van der Waals surface area contributed by atoms with Crippen LogP contribution < -0.4 is 0 Å². The SMILES string of the molecule is CN1CC2C[C@@H](C1)c1cc3nccnc3cc12. The van der Waals surface area contributed by atoms with Crippen molar-refractivity contribution in [3.05, 3.63) is 35.7 Å². The lowest BCUT2D eigenvalue weighted by Gasteiger charge is -2.28. The zero-order valence-electron chi connectivity index (χ0n) is 9.93. The van der Waals surface area contributed by atoms with Crippen LogP contribution >= 0.6 is 0 Å². The molecule has 3 heteroatoms. The van der Waals surface area contributed by atoms with Gasteiger partial charge in [0.2, 0.25) is 0 Å². The van der Waals surface area contributed by atoms with Crippen molar-refractivity contribution in [2.45, 2.75) is 18.3 Å². The Labute approximate surface area is 100 Å². The molecule has 0 spiro atoms. The molecule has 1 saturated heterocycles. The highest BCUT2D eigenvalue weighted by Crippen LogP contribution is 2.46. The summed E-state index contributed by atoms with van der Waals surface area (Å²) >= 11 is 0. The van der Waals surface area contributed by atoms with Crippen molar-refractivity contribution in [1.82, 2.24) is 14.9 Å². The third kappa shape index (κ3) is 1.32. The van der Waals surface area contributed by atoms with Crippen LogP contribution in [0.4, 0.5) is 0 Å². The molecule has 2 aliphatic rings. The van der Waals surface area contributed by atoms with Crippen LogP contribution in [-0.2, 0) is 0 Å². The highest BCUT2D eigenvalue weighted by Gasteiger charge is 2.36. The molecule has 3 nitrogen and oxygen atoms in total. The van der Waals surface area contributed by atoms with Gasteiger partial charge in [0.15, 0.2) is 0 Å². The molecule has 1 aromatic heterocycles. The van der Waals surface area contributed by atoms with Crippen LogP contribution in [0.5, 0.6) is 0 Å². The van der Waals surface area contributed by atoms with Gasteiger partial charge in [-0.2, -0.15) is 0 Å². The molecule has 0 radical (unpaired) electrons. The van der Waals surface area contributed by atoms with Gasteiger partial charge in [0.25, 0.3) is 0 Å². The van der Waals surface area contributed by atoms with Gasteiger partial charge < -0.3 is 4.90 Å². The van der Waals surface area contributed by atoms with Crippen molar-refractivity contribution in [1.29, 1.82) is 0 Å². The number of likely N-dealkylation sites (tertiary alicyclic amines) is 1. The van der Waals surface area contributed by atoms with Gasteiger partial charge in [-0.1, -0.05) is 0 Å². The monoisotopic (exact) mass is 225 g/mol. The van der Waals surface area contributed by atoms with Crippen LogP contribution in [0.25, 0.3) is 11.0 Å². The van der Waals surface area contributed by atoms with E-state index >= 15 is 0 Å². The van der Waals surface area contributed by atoms with Gasteiger partial charge >= 0.3 is 0 Å². The Kier molecular flexibility index (Phi) is 1.83. The number of piperidine rings is 1. The van der Waals surface area contributed by atoms with Gasteiger partial charge in [0.05, 0.1) is 11.0 Å². The number of fused-ring (bicyclic) bond motifs is 6. The van der Waals surface area contributed by atoms with Crippen LogP contribution in [-0.4, -0.2) is 35.0 Å². The summed E-state index contributed by atoms with van der Waals surface area (Å²) in [5, 5.41) is 0. The molecule has 1 unspecified atom stereocenters. The largest absolute Gasteiger partial charge is 0.305 e. The molecular weight excluding hydrogens is 210 g/mol. The maximum absolute atomic E-state index is 4.42. The van der Waals surface area contributed by atoms with Gasteiger partial charge in [-0.15, -0.1) is 0 Å². The Bertz CT molecular complexity index is 543. The first kappa shape index (κ1) is 9.54. The second kappa shape index (κ2) is 3.26. The molecule has 1 aliphatic carbocycles. The van der Waals surface area contributed by atoms with Crippen molar-refractivity contribution < 1.29 is 0 Å².